The normalized spacial score (nSPS) is 31.7. The minimum atomic E-state index is 0.174. The first-order chi connectivity index (χ1) is 11.3. The van der Waals surface area contributed by atoms with E-state index < -0.39 is 0 Å². The van der Waals surface area contributed by atoms with Gasteiger partial charge in [0.2, 0.25) is 5.91 Å². The van der Waals surface area contributed by atoms with Gasteiger partial charge >= 0.3 is 0 Å². The summed E-state index contributed by atoms with van der Waals surface area (Å²) in [4.78, 5) is 14.4. The van der Waals surface area contributed by atoms with Crippen LogP contribution >= 0.6 is 0 Å². The lowest BCUT2D eigenvalue weighted by Crippen LogP contribution is -2.61. The van der Waals surface area contributed by atoms with Crippen molar-refractivity contribution in [2.24, 2.45) is 0 Å². The first-order valence-electron chi connectivity index (χ1n) is 9.26. The van der Waals surface area contributed by atoms with Gasteiger partial charge < -0.3 is 9.88 Å². The zero-order valence-electron chi connectivity index (χ0n) is 13.6. The summed E-state index contributed by atoms with van der Waals surface area (Å²) in [5.74, 6) is 3.12. The predicted octanol–water partition coefficient (Wildman–Crippen LogP) is 1.73. The highest BCUT2D eigenvalue weighted by molar-refractivity contribution is 5.79. The molecule has 1 amide bonds. The SMILES string of the molecule is O=C1CN(Cc2nnc(C3CC3)n2C2CC2)C2CCCCC2N1. The summed E-state index contributed by atoms with van der Waals surface area (Å²) in [6, 6.07) is 1.44. The van der Waals surface area contributed by atoms with Crippen LogP contribution in [-0.4, -0.2) is 44.2 Å². The first-order valence-corrected chi connectivity index (χ1v) is 9.26. The van der Waals surface area contributed by atoms with Crippen LogP contribution in [0.2, 0.25) is 0 Å². The Labute approximate surface area is 136 Å². The van der Waals surface area contributed by atoms with Crippen LogP contribution in [0.15, 0.2) is 0 Å². The quantitative estimate of drug-likeness (QED) is 0.919. The van der Waals surface area contributed by atoms with Gasteiger partial charge in [-0.15, -0.1) is 10.2 Å². The van der Waals surface area contributed by atoms with Gasteiger partial charge in [0.1, 0.15) is 11.6 Å². The van der Waals surface area contributed by atoms with Gasteiger partial charge in [-0.1, -0.05) is 12.8 Å². The van der Waals surface area contributed by atoms with E-state index in [-0.39, 0.29) is 5.91 Å². The van der Waals surface area contributed by atoms with Crippen molar-refractivity contribution in [1.82, 2.24) is 25.0 Å². The van der Waals surface area contributed by atoms with Crippen LogP contribution in [-0.2, 0) is 11.3 Å². The third-order valence-corrected chi connectivity index (χ3v) is 5.88. The van der Waals surface area contributed by atoms with Gasteiger partial charge in [-0.05, 0) is 38.5 Å². The molecule has 1 saturated heterocycles. The summed E-state index contributed by atoms with van der Waals surface area (Å²) in [7, 11) is 0. The molecule has 0 aromatic carbocycles. The predicted molar refractivity (Wildman–Crippen MR) is 84.9 cm³/mol. The fraction of sp³-hybridized carbons (Fsp3) is 0.824. The second kappa shape index (κ2) is 5.30. The summed E-state index contributed by atoms with van der Waals surface area (Å²) in [6.07, 6.45) is 9.88. The standard InChI is InChI=1S/C17H25N5O/c23-16-10-21(14-4-2-1-3-13(14)18-16)9-15-19-20-17(11-5-6-11)22(15)12-7-8-12/h11-14H,1-10H2,(H,18,23). The van der Waals surface area contributed by atoms with Crippen molar-refractivity contribution in [3.05, 3.63) is 11.6 Å². The lowest BCUT2D eigenvalue weighted by molar-refractivity contribution is -0.128. The summed E-state index contributed by atoms with van der Waals surface area (Å²) >= 11 is 0. The molecule has 0 radical (unpaired) electrons. The van der Waals surface area contributed by atoms with Crippen molar-refractivity contribution in [3.8, 4) is 0 Å². The third kappa shape index (κ3) is 2.57. The van der Waals surface area contributed by atoms with E-state index in [0.29, 0.717) is 30.6 Å². The molecular weight excluding hydrogens is 290 g/mol. The number of amides is 1. The average Bonchev–Trinajstić information content (AvgIpc) is 3.46. The number of nitrogens with zero attached hydrogens (tertiary/aromatic N) is 4. The molecule has 1 aromatic rings. The Bertz CT molecular complexity index is 618. The Morgan fingerprint density at radius 2 is 1.87 bits per heavy atom. The second-order valence-electron chi connectivity index (χ2n) is 7.78. The minimum Gasteiger partial charge on any atom is -0.351 e. The van der Waals surface area contributed by atoms with Crippen molar-refractivity contribution in [1.29, 1.82) is 0 Å². The summed E-state index contributed by atoms with van der Waals surface area (Å²) in [5.41, 5.74) is 0. The van der Waals surface area contributed by atoms with Crippen molar-refractivity contribution in [3.63, 3.8) is 0 Å². The molecule has 124 valence electrons. The monoisotopic (exact) mass is 315 g/mol. The highest BCUT2D eigenvalue weighted by atomic mass is 16.2. The largest absolute Gasteiger partial charge is 0.351 e. The van der Waals surface area contributed by atoms with E-state index in [9.17, 15) is 4.79 Å². The highest BCUT2D eigenvalue weighted by Crippen LogP contribution is 2.45. The molecule has 4 aliphatic rings. The minimum absolute atomic E-state index is 0.174. The van der Waals surface area contributed by atoms with Gasteiger partial charge in [0.05, 0.1) is 13.1 Å². The van der Waals surface area contributed by atoms with Gasteiger partial charge in [-0.2, -0.15) is 0 Å². The van der Waals surface area contributed by atoms with Crippen LogP contribution in [0.1, 0.15) is 75.0 Å². The van der Waals surface area contributed by atoms with E-state index in [1.54, 1.807) is 0 Å². The summed E-state index contributed by atoms with van der Waals surface area (Å²) in [5, 5.41) is 12.2. The van der Waals surface area contributed by atoms with Crippen molar-refractivity contribution in [2.45, 2.75) is 82.0 Å². The molecule has 23 heavy (non-hydrogen) atoms. The first kappa shape index (κ1) is 14.0. The third-order valence-electron chi connectivity index (χ3n) is 5.88. The van der Waals surface area contributed by atoms with Gasteiger partial charge in [-0.25, -0.2) is 0 Å². The molecule has 1 N–H and O–H groups in total. The second-order valence-corrected chi connectivity index (χ2v) is 7.78. The van der Waals surface area contributed by atoms with E-state index in [1.807, 2.05) is 0 Å². The zero-order valence-corrected chi connectivity index (χ0v) is 13.6. The van der Waals surface area contributed by atoms with E-state index in [0.717, 1.165) is 18.8 Å². The Morgan fingerprint density at radius 3 is 2.65 bits per heavy atom. The number of rotatable bonds is 4. The van der Waals surface area contributed by atoms with Gasteiger partial charge in [0.25, 0.3) is 0 Å². The number of hydrogen-bond acceptors (Lipinski definition) is 4. The van der Waals surface area contributed by atoms with Crippen LogP contribution in [0, 0.1) is 0 Å². The molecule has 1 aliphatic heterocycles. The van der Waals surface area contributed by atoms with Crippen molar-refractivity contribution >= 4 is 5.91 Å². The molecule has 3 aliphatic carbocycles. The lowest BCUT2D eigenvalue weighted by atomic mass is 9.87. The topological polar surface area (TPSA) is 63.1 Å². The molecule has 2 heterocycles. The number of piperazine rings is 1. The molecule has 6 nitrogen and oxygen atoms in total. The van der Waals surface area contributed by atoms with Gasteiger partial charge in [0, 0.05) is 24.0 Å². The van der Waals surface area contributed by atoms with E-state index >= 15 is 0 Å². The van der Waals surface area contributed by atoms with Crippen LogP contribution in [0.25, 0.3) is 0 Å². The molecule has 4 fully saturated rings. The summed E-state index contributed by atoms with van der Waals surface area (Å²) in [6.45, 7) is 1.29. The van der Waals surface area contributed by atoms with Crippen molar-refractivity contribution < 1.29 is 4.79 Å². The maximum absolute atomic E-state index is 12.1. The van der Waals surface area contributed by atoms with Gasteiger partial charge in [0.15, 0.2) is 0 Å². The van der Waals surface area contributed by atoms with E-state index in [1.165, 1.54) is 50.8 Å². The molecular formula is C17H25N5O. The Hall–Kier alpha value is -1.43. The number of hydrogen-bond donors (Lipinski definition) is 1. The Morgan fingerprint density at radius 1 is 1.04 bits per heavy atom. The molecule has 2 atom stereocenters. The van der Waals surface area contributed by atoms with Crippen LogP contribution in [0.4, 0.5) is 0 Å². The molecule has 2 unspecified atom stereocenters. The Balaban J connectivity index is 1.41. The maximum atomic E-state index is 12.1. The highest BCUT2D eigenvalue weighted by Gasteiger charge is 2.39. The number of carbonyl (C=O) groups is 1. The Kier molecular flexibility index (Phi) is 3.21. The zero-order chi connectivity index (χ0) is 15.4. The number of nitrogens with one attached hydrogen (secondary N) is 1. The maximum Gasteiger partial charge on any atom is 0.234 e. The van der Waals surface area contributed by atoms with Crippen LogP contribution in [0.5, 0.6) is 0 Å². The molecule has 1 aromatic heterocycles. The fourth-order valence-corrected chi connectivity index (χ4v) is 4.42. The molecule has 5 rings (SSSR count). The molecule has 0 bridgehead atoms. The molecule has 3 saturated carbocycles. The number of fused-ring (bicyclic) bond motifs is 1. The summed E-state index contributed by atoms with van der Waals surface area (Å²) < 4.78 is 2.42. The van der Waals surface area contributed by atoms with Gasteiger partial charge in [-0.3, -0.25) is 9.69 Å². The van der Waals surface area contributed by atoms with Crippen LogP contribution in [0.3, 0.4) is 0 Å². The number of aromatic nitrogens is 3. The fourth-order valence-electron chi connectivity index (χ4n) is 4.42. The van der Waals surface area contributed by atoms with Crippen molar-refractivity contribution in [2.75, 3.05) is 6.54 Å². The number of carbonyl (C=O) groups excluding carboxylic acids is 1. The molecule has 0 spiro atoms. The van der Waals surface area contributed by atoms with Crippen LogP contribution < -0.4 is 5.32 Å². The lowest BCUT2D eigenvalue weighted by Gasteiger charge is -2.43. The average molecular weight is 315 g/mol. The molecule has 6 heteroatoms. The smallest absolute Gasteiger partial charge is 0.234 e. The van der Waals surface area contributed by atoms with E-state index in [4.69, 9.17) is 0 Å². The van der Waals surface area contributed by atoms with E-state index in [2.05, 4.69) is 25.0 Å².